The van der Waals surface area contributed by atoms with Crippen LogP contribution in [0.15, 0.2) is 41.0 Å². The number of hydrogen-bond donors (Lipinski definition) is 1. The second kappa shape index (κ2) is 5.41. The van der Waals surface area contributed by atoms with Crippen molar-refractivity contribution in [2.75, 3.05) is 6.61 Å². The van der Waals surface area contributed by atoms with Crippen molar-refractivity contribution < 1.29 is 13.9 Å². The molecule has 20 heavy (non-hydrogen) atoms. The van der Waals surface area contributed by atoms with Gasteiger partial charge in [0.15, 0.2) is 5.76 Å². The number of hydrogen-bond acceptors (Lipinski definition) is 3. The van der Waals surface area contributed by atoms with Gasteiger partial charge in [0.1, 0.15) is 5.75 Å². The Hall–Kier alpha value is -2.23. The van der Waals surface area contributed by atoms with Crippen LogP contribution in [0.3, 0.4) is 0 Å². The molecular weight excluding hydrogens is 254 g/mol. The molecule has 1 aliphatic rings. The molecule has 1 N–H and O–H groups in total. The molecule has 0 radical (unpaired) electrons. The van der Waals surface area contributed by atoms with Crippen LogP contribution >= 0.6 is 0 Å². The Labute approximate surface area is 117 Å². The first kappa shape index (κ1) is 12.8. The van der Waals surface area contributed by atoms with Gasteiger partial charge in [0.05, 0.1) is 12.9 Å². The van der Waals surface area contributed by atoms with Gasteiger partial charge in [0, 0.05) is 12.5 Å². The van der Waals surface area contributed by atoms with E-state index >= 15 is 0 Å². The van der Waals surface area contributed by atoms with E-state index in [0.717, 1.165) is 25.2 Å². The van der Waals surface area contributed by atoms with Gasteiger partial charge in [-0.25, -0.2) is 0 Å². The van der Waals surface area contributed by atoms with Gasteiger partial charge in [-0.1, -0.05) is 12.1 Å². The van der Waals surface area contributed by atoms with Gasteiger partial charge in [0.25, 0.3) is 5.91 Å². The monoisotopic (exact) mass is 271 g/mol. The zero-order chi connectivity index (χ0) is 13.9. The number of fused-ring (bicyclic) bond motifs is 1. The molecule has 1 aromatic heterocycles. The fourth-order valence-electron chi connectivity index (χ4n) is 2.47. The molecule has 0 aliphatic carbocycles. The average Bonchev–Trinajstić information content (AvgIpc) is 3.09. The van der Waals surface area contributed by atoms with Crippen LogP contribution in [0, 0.1) is 0 Å². The van der Waals surface area contributed by atoms with Crippen molar-refractivity contribution in [3.8, 4) is 5.75 Å². The van der Waals surface area contributed by atoms with Crippen LogP contribution in [0.2, 0.25) is 0 Å². The zero-order valence-corrected chi connectivity index (χ0v) is 11.4. The van der Waals surface area contributed by atoms with E-state index in [1.165, 1.54) is 17.4 Å². The maximum absolute atomic E-state index is 11.9. The number of carbonyl (C=O) groups excluding carboxylic acids is 1. The van der Waals surface area contributed by atoms with Crippen molar-refractivity contribution >= 4 is 5.91 Å². The molecule has 0 saturated carbocycles. The van der Waals surface area contributed by atoms with Crippen LogP contribution in [-0.2, 0) is 12.8 Å². The Bertz CT molecular complexity index is 604. The Kier molecular flexibility index (Phi) is 3.46. The second-order valence-electron chi connectivity index (χ2n) is 5.10. The van der Waals surface area contributed by atoms with Crippen molar-refractivity contribution in [2.24, 2.45) is 0 Å². The van der Waals surface area contributed by atoms with Gasteiger partial charge >= 0.3 is 0 Å². The Balaban J connectivity index is 1.61. The summed E-state index contributed by atoms with van der Waals surface area (Å²) in [6.07, 6.45) is 3.26. The summed E-state index contributed by atoms with van der Waals surface area (Å²) in [5.41, 5.74) is 2.47. The lowest BCUT2D eigenvalue weighted by Crippen LogP contribution is -2.33. The van der Waals surface area contributed by atoms with Gasteiger partial charge in [-0.05, 0) is 42.7 Å². The third-order valence-corrected chi connectivity index (χ3v) is 3.42. The van der Waals surface area contributed by atoms with Crippen LogP contribution in [0.1, 0.15) is 28.6 Å². The minimum atomic E-state index is -0.174. The summed E-state index contributed by atoms with van der Waals surface area (Å²) in [4.78, 5) is 11.9. The molecule has 1 aliphatic heterocycles. The lowest BCUT2D eigenvalue weighted by atomic mass is 10.0. The molecule has 3 rings (SSSR count). The van der Waals surface area contributed by atoms with Crippen LogP contribution in [-0.4, -0.2) is 18.6 Å². The van der Waals surface area contributed by atoms with Crippen molar-refractivity contribution in [3.63, 3.8) is 0 Å². The first-order chi connectivity index (χ1) is 9.72. The molecule has 1 amide bonds. The first-order valence-corrected chi connectivity index (χ1v) is 6.81. The van der Waals surface area contributed by atoms with E-state index in [2.05, 4.69) is 17.4 Å². The molecule has 0 bridgehead atoms. The number of nitrogens with one attached hydrogen (secondary N) is 1. The lowest BCUT2D eigenvalue weighted by molar-refractivity contribution is 0.0912. The summed E-state index contributed by atoms with van der Waals surface area (Å²) >= 11 is 0. The molecule has 1 aromatic carbocycles. The largest absolute Gasteiger partial charge is 0.493 e. The van der Waals surface area contributed by atoms with Crippen molar-refractivity contribution in [2.45, 2.75) is 25.8 Å². The Morgan fingerprint density at radius 2 is 2.30 bits per heavy atom. The highest BCUT2D eigenvalue weighted by Gasteiger charge is 2.15. The molecule has 2 heterocycles. The van der Waals surface area contributed by atoms with Crippen LogP contribution in [0.4, 0.5) is 0 Å². The summed E-state index contributed by atoms with van der Waals surface area (Å²) in [5, 5.41) is 2.93. The molecular formula is C16H17NO3. The highest BCUT2D eigenvalue weighted by Crippen LogP contribution is 2.26. The van der Waals surface area contributed by atoms with E-state index in [1.807, 2.05) is 13.0 Å². The number of furan rings is 1. The van der Waals surface area contributed by atoms with E-state index in [9.17, 15) is 4.79 Å². The lowest BCUT2D eigenvalue weighted by Gasteiger charge is -2.13. The number of rotatable bonds is 4. The molecule has 0 spiro atoms. The van der Waals surface area contributed by atoms with Crippen molar-refractivity contribution in [3.05, 3.63) is 53.5 Å². The average molecular weight is 271 g/mol. The third kappa shape index (κ3) is 2.69. The maximum Gasteiger partial charge on any atom is 0.287 e. The van der Waals surface area contributed by atoms with Crippen LogP contribution in [0.5, 0.6) is 5.75 Å². The van der Waals surface area contributed by atoms with Crippen LogP contribution < -0.4 is 10.1 Å². The summed E-state index contributed by atoms with van der Waals surface area (Å²) in [6, 6.07) is 9.65. The zero-order valence-electron chi connectivity index (χ0n) is 11.4. The smallest absolute Gasteiger partial charge is 0.287 e. The summed E-state index contributed by atoms with van der Waals surface area (Å²) < 4.78 is 10.6. The van der Waals surface area contributed by atoms with Gasteiger partial charge < -0.3 is 14.5 Å². The second-order valence-corrected chi connectivity index (χ2v) is 5.10. The maximum atomic E-state index is 11.9. The Morgan fingerprint density at radius 3 is 3.10 bits per heavy atom. The highest BCUT2D eigenvalue weighted by atomic mass is 16.5. The number of amides is 1. The normalized spacial score (nSPS) is 14.4. The summed E-state index contributed by atoms with van der Waals surface area (Å²) in [6.45, 7) is 2.76. The van der Waals surface area contributed by atoms with Crippen molar-refractivity contribution in [1.29, 1.82) is 0 Å². The molecule has 0 saturated heterocycles. The highest BCUT2D eigenvalue weighted by molar-refractivity contribution is 5.91. The molecule has 1 atom stereocenters. The molecule has 2 aromatic rings. The van der Waals surface area contributed by atoms with Gasteiger partial charge in [-0.2, -0.15) is 0 Å². The van der Waals surface area contributed by atoms with E-state index in [4.69, 9.17) is 9.15 Å². The minimum Gasteiger partial charge on any atom is -0.493 e. The van der Waals surface area contributed by atoms with Gasteiger partial charge in [-0.3, -0.25) is 4.79 Å². The predicted octanol–water partition coefficient (Wildman–Crippen LogP) is 2.58. The predicted molar refractivity (Wildman–Crippen MR) is 75.0 cm³/mol. The summed E-state index contributed by atoms with van der Waals surface area (Å²) in [5.74, 6) is 1.16. The molecule has 4 heteroatoms. The molecule has 4 nitrogen and oxygen atoms in total. The van der Waals surface area contributed by atoms with Crippen LogP contribution in [0.25, 0.3) is 0 Å². The SMILES string of the molecule is C[C@H](Cc1ccc2c(c1)CCO2)NC(=O)c1ccco1. The van der Waals surface area contributed by atoms with Gasteiger partial charge in [0.2, 0.25) is 0 Å². The third-order valence-electron chi connectivity index (χ3n) is 3.42. The topological polar surface area (TPSA) is 51.5 Å². The Morgan fingerprint density at radius 1 is 1.40 bits per heavy atom. The number of carbonyl (C=O) groups is 1. The minimum absolute atomic E-state index is 0.0490. The number of benzene rings is 1. The molecule has 0 fully saturated rings. The standard InChI is InChI=1S/C16H17NO3/c1-11(17-16(18)15-3-2-7-19-15)9-12-4-5-14-13(10-12)6-8-20-14/h2-5,7,10-11H,6,8-9H2,1H3,(H,17,18)/t11-/m1/s1. The van der Waals surface area contributed by atoms with E-state index in [1.54, 1.807) is 12.1 Å². The van der Waals surface area contributed by atoms with Gasteiger partial charge in [-0.15, -0.1) is 0 Å². The quantitative estimate of drug-likeness (QED) is 0.929. The molecule has 0 unspecified atom stereocenters. The van der Waals surface area contributed by atoms with Crippen molar-refractivity contribution in [1.82, 2.24) is 5.32 Å². The van der Waals surface area contributed by atoms with E-state index in [0.29, 0.717) is 5.76 Å². The van der Waals surface area contributed by atoms with E-state index < -0.39 is 0 Å². The molecule has 104 valence electrons. The summed E-state index contributed by atoms with van der Waals surface area (Å²) in [7, 11) is 0. The number of ether oxygens (including phenoxy) is 1. The first-order valence-electron chi connectivity index (χ1n) is 6.81. The fraction of sp³-hybridized carbons (Fsp3) is 0.312. The van der Waals surface area contributed by atoms with E-state index in [-0.39, 0.29) is 11.9 Å². The fourth-order valence-corrected chi connectivity index (χ4v) is 2.47.